The van der Waals surface area contributed by atoms with E-state index in [2.05, 4.69) is 4.98 Å². The number of aromatic nitrogens is 1. The van der Waals surface area contributed by atoms with Gasteiger partial charge in [-0.1, -0.05) is 0 Å². The Morgan fingerprint density at radius 3 is 2.60 bits per heavy atom. The smallest absolute Gasteiger partial charge is 0.167 e. The van der Waals surface area contributed by atoms with Gasteiger partial charge < -0.3 is 26.0 Å². The third-order valence-electron chi connectivity index (χ3n) is 2.38. The van der Waals surface area contributed by atoms with Crippen molar-refractivity contribution in [3.8, 4) is 17.2 Å². The van der Waals surface area contributed by atoms with Crippen LogP contribution in [0.4, 0.5) is 0 Å². The summed E-state index contributed by atoms with van der Waals surface area (Å²) in [7, 11) is 0. The number of hydrogen-bond acceptors (Lipinski definition) is 4. The second kappa shape index (κ2) is 3.36. The SMILES string of the molecule is NCCc1c[nH]c2c(O)cc(O)c(O)c12. The fourth-order valence-corrected chi connectivity index (χ4v) is 1.69. The average molecular weight is 208 g/mol. The summed E-state index contributed by atoms with van der Waals surface area (Å²) in [5.41, 5.74) is 6.60. The van der Waals surface area contributed by atoms with Crippen molar-refractivity contribution in [3.63, 3.8) is 0 Å². The standard InChI is InChI=1S/C10H12N2O3/c11-2-1-5-4-12-9-6(13)3-7(14)10(15)8(5)9/h3-4,12-15H,1-2,11H2. The summed E-state index contributed by atoms with van der Waals surface area (Å²) in [4.78, 5) is 2.83. The highest BCUT2D eigenvalue weighted by molar-refractivity contribution is 5.95. The number of rotatable bonds is 2. The fraction of sp³-hybridized carbons (Fsp3) is 0.200. The molecule has 6 N–H and O–H groups in total. The van der Waals surface area contributed by atoms with Crippen LogP contribution in [-0.4, -0.2) is 26.8 Å². The number of fused-ring (bicyclic) bond motifs is 1. The lowest BCUT2D eigenvalue weighted by Gasteiger charge is -2.03. The van der Waals surface area contributed by atoms with Gasteiger partial charge in [0.1, 0.15) is 5.75 Å². The van der Waals surface area contributed by atoms with Gasteiger partial charge in [-0.2, -0.15) is 0 Å². The average Bonchev–Trinajstić information content (AvgIpc) is 2.60. The summed E-state index contributed by atoms with van der Waals surface area (Å²) in [6.45, 7) is 0.433. The van der Waals surface area contributed by atoms with Crippen LogP contribution in [0.1, 0.15) is 5.56 Å². The molecule has 0 aliphatic heterocycles. The number of H-pyrrole nitrogens is 1. The minimum Gasteiger partial charge on any atom is -0.506 e. The van der Waals surface area contributed by atoms with E-state index in [0.29, 0.717) is 23.9 Å². The van der Waals surface area contributed by atoms with Crippen molar-refractivity contribution in [1.82, 2.24) is 4.98 Å². The topological polar surface area (TPSA) is 103 Å². The molecular weight excluding hydrogens is 196 g/mol. The van der Waals surface area contributed by atoms with Gasteiger partial charge in [-0.05, 0) is 18.5 Å². The van der Waals surface area contributed by atoms with E-state index in [1.807, 2.05) is 0 Å². The molecule has 1 aromatic carbocycles. The van der Waals surface area contributed by atoms with Crippen molar-refractivity contribution < 1.29 is 15.3 Å². The van der Waals surface area contributed by atoms with Crippen LogP contribution in [-0.2, 0) is 6.42 Å². The molecule has 2 rings (SSSR count). The van der Waals surface area contributed by atoms with E-state index in [1.54, 1.807) is 6.20 Å². The van der Waals surface area contributed by atoms with Crippen LogP contribution >= 0.6 is 0 Å². The van der Waals surface area contributed by atoms with Gasteiger partial charge in [0, 0.05) is 12.3 Å². The van der Waals surface area contributed by atoms with Crippen LogP contribution < -0.4 is 5.73 Å². The van der Waals surface area contributed by atoms with E-state index in [1.165, 1.54) is 0 Å². The molecule has 1 heterocycles. The summed E-state index contributed by atoms with van der Waals surface area (Å²) in [6.07, 6.45) is 2.23. The second-order valence-electron chi connectivity index (χ2n) is 3.37. The molecule has 5 heteroatoms. The predicted octanol–water partition coefficient (Wildman–Crippen LogP) is 0.786. The minimum atomic E-state index is -0.335. The van der Waals surface area contributed by atoms with E-state index in [-0.39, 0.29) is 17.2 Å². The highest BCUT2D eigenvalue weighted by atomic mass is 16.3. The Labute approximate surface area is 85.8 Å². The first-order chi connectivity index (χ1) is 7.15. The summed E-state index contributed by atoms with van der Waals surface area (Å²) in [6, 6.07) is 1.10. The number of nitrogens with two attached hydrogens (primary N) is 1. The van der Waals surface area contributed by atoms with Crippen LogP contribution in [0.5, 0.6) is 17.2 Å². The molecule has 15 heavy (non-hydrogen) atoms. The third kappa shape index (κ3) is 1.37. The molecule has 0 saturated carbocycles. The van der Waals surface area contributed by atoms with Crippen LogP contribution in [0, 0.1) is 0 Å². The molecule has 80 valence electrons. The maximum absolute atomic E-state index is 9.66. The molecular formula is C10H12N2O3. The quantitative estimate of drug-likeness (QED) is 0.372. The van der Waals surface area contributed by atoms with Gasteiger partial charge >= 0.3 is 0 Å². The van der Waals surface area contributed by atoms with Crippen molar-refractivity contribution in [2.45, 2.75) is 6.42 Å². The van der Waals surface area contributed by atoms with E-state index in [4.69, 9.17) is 5.73 Å². The van der Waals surface area contributed by atoms with E-state index in [0.717, 1.165) is 11.6 Å². The first-order valence-electron chi connectivity index (χ1n) is 4.59. The monoisotopic (exact) mass is 208 g/mol. The lowest BCUT2D eigenvalue weighted by atomic mass is 10.1. The van der Waals surface area contributed by atoms with Gasteiger partial charge in [-0.15, -0.1) is 0 Å². The first-order valence-corrected chi connectivity index (χ1v) is 4.59. The van der Waals surface area contributed by atoms with Crippen LogP contribution in [0.2, 0.25) is 0 Å². The van der Waals surface area contributed by atoms with Gasteiger partial charge in [0.25, 0.3) is 0 Å². The van der Waals surface area contributed by atoms with E-state index in [9.17, 15) is 15.3 Å². The third-order valence-corrected chi connectivity index (χ3v) is 2.38. The molecule has 5 nitrogen and oxygen atoms in total. The van der Waals surface area contributed by atoms with Gasteiger partial charge in [-0.3, -0.25) is 0 Å². The Morgan fingerprint density at radius 1 is 1.20 bits per heavy atom. The van der Waals surface area contributed by atoms with E-state index >= 15 is 0 Å². The van der Waals surface area contributed by atoms with Gasteiger partial charge in [0.2, 0.25) is 0 Å². The summed E-state index contributed by atoms with van der Waals surface area (Å²) in [5.74, 6) is -0.658. The number of hydrogen-bond donors (Lipinski definition) is 5. The molecule has 0 bridgehead atoms. The normalized spacial score (nSPS) is 11.0. The van der Waals surface area contributed by atoms with Crippen molar-refractivity contribution >= 4 is 10.9 Å². The molecule has 0 atom stereocenters. The Bertz CT molecular complexity index is 505. The zero-order valence-corrected chi connectivity index (χ0v) is 7.99. The Balaban J connectivity index is 2.77. The summed E-state index contributed by atoms with van der Waals surface area (Å²) < 4.78 is 0. The highest BCUT2D eigenvalue weighted by Gasteiger charge is 2.15. The predicted molar refractivity (Wildman–Crippen MR) is 56.1 cm³/mol. The first kappa shape index (κ1) is 9.67. The number of phenols is 3. The van der Waals surface area contributed by atoms with Crippen LogP contribution in [0.15, 0.2) is 12.3 Å². The molecule has 2 aromatic rings. The Kier molecular flexibility index (Phi) is 2.17. The molecule has 0 saturated heterocycles. The van der Waals surface area contributed by atoms with Gasteiger partial charge in [-0.25, -0.2) is 0 Å². The fourth-order valence-electron chi connectivity index (χ4n) is 1.69. The summed E-state index contributed by atoms with van der Waals surface area (Å²) in [5, 5.41) is 29.0. The zero-order valence-electron chi connectivity index (χ0n) is 7.99. The number of aromatic hydroxyl groups is 3. The van der Waals surface area contributed by atoms with E-state index < -0.39 is 0 Å². The van der Waals surface area contributed by atoms with Gasteiger partial charge in [0.15, 0.2) is 11.5 Å². The van der Waals surface area contributed by atoms with Gasteiger partial charge in [0.05, 0.1) is 10.9 Å². The number of nitrogens with one attached hydrogen (secondary N) is 1. The maximum Gasteiger partial charge on any atom is 0.167 e. The molecule has 0 spiro atoms. The lowest BCUT2D eigenvalue weighted by molar-refractivity contribution is 0.402. The minimum absolute atomic E-state index is 0.0939. The van der Waals surface area contributed by atoms with Crippen LogP contribution in [0.25, 0.3) is 10.9 Å². The number of phenolic OH excluding ortho intramolecular Hbond substituents is 3. The molecule has 0 amide bonds. The highest BCUT2D eigenvalue weighted by Crippen LogP contribution is 2.40. The number of aromatic amines is 1. The zero-order chi connectivity index (χ0) is 11.0. The number of benzene rings is 1. The molecule has 0 aliphatic rings. The van der Waals surface area contributed by atoms with Crippen molar-refractivity contribution in [2.24, 2.45) is 5.73 Å². The second-order valence-corrected chi connectivity index (χ2v) is 3.37. The molecule has 0 fully saturated rings. The Morgan fingerprint density at radius 2 is 1.93 bits per heavy atom. The lowest BCUT2D eigenvalue weighted by Crippen LogP contribution is -2.01. The van der Waals surface area contributed by atoms with Crippen molar-refractivity contribution in [2.75, 3.05) is 6.54 Å². The molecule has 1 aromatic heterocycles. The summed E-state index contributed by atoms with van der Waals surface area (Å²) >= 11 is 0. The molecule has 0 unspecified atom stereocenters. The Hall–Kier alpha value is -1.88. The molecule has 0 aliphatic carbocycles. The largest absolute Gasteiger partial charge is 0.506 e. The van der Waals surface area contributed by atoms with Crippen LogP contribution in [0.3, 0.4) is 0 Å². The van der Waals surface area contributed by atoms with Crippen molar-refractivity contribution in [3.05, 3.63) is 17.8 Å². The maximum atomic E-state index is 9.66. The van der Waals surface area contributed by atoms with Crippen molar-refractivity contribution in [1.29, 1.82) is 0 Å². The molecule has 0 radical (unpaired) electrons.